The van der Waals surface area contributed by atoms with Crippen molar-refractivity contribution in [2.45, 2.75) is 12.5 Å². The third-order valence-corrected chi connectivity index (χ3v) is 6.63. The lowest BCUT2D eigenvalue weighted by Gasteiger charge is -2.20. The lowest BCUT2D eigenvalue weighted by atomic mass is 10.0. The van der Waals surface area contributed by atoms with E-state index in [1.54, 1.807) is 66.7 Å². The molecule has 0 fully saturated rings. The van der Waals surface area contributed by atoms with Crippen molar-refractivity contribution in [2.24, 2.45) is 0 Å². The summed E-state index contributed by atoms with van der Waals surface area (Å²) in [5.74, 6) is -0.495. The Bertz CT molecular complexity index is 1310. The number of anilines is 2. The van der Waals surface area contributed by atoms with Crippen LogP contribution in [-0.2, 0) is 14.8 Å². The van der Waals surface area contributed by atoms with Crippen LogP contribution in [0.4, 0.5) is 11.4 Å². The predicted molar refractivity (Wildman–Crippen MR) is 128 cm³/mol. The summed E-state index contributed by atoms with van der Waals surface area (Å²) >= 11 is 6.12. The minimum absolute atomic E-state index is 0.0738. The summed E-state index contributed by atoms with van der Waals surface area (Å²) in [7, 11) is -3.56. The number of amides is 1. The molecule has 1 amide bonds. The molecule has 1 atom stereocenters. The van der Waals surface area contributed by atoms with Crippen LogP contribution < -0.4 is 14.4 Å². The van der Waals surface area contributed by atoms with Crippen LogP contribution in [0.25, 0.3) is 0 Å². The molecule has 3 aromatic rings. The van der Waals surface area contributed by atoms with Gasteiger partial charge < -0.3 is 10.1 Å². The number of nitrogens with one attached hydrogen (secondary N) is 1. The summed E-state index contributed by atoms with van der Waals surface area (Å²) in [6.45, 7) is 0.0738. The molecule has 0 saturated carbocycles. The average Bonchev–Trinajstić information content (AvgIpc) is 3.00. The molecule has 0 aliphatic carbocycles. The lowest BCUT2D eigenvalue weighted by Crippen LogP contribution is -2.36. The lowest BCUT2D eigenvalue weighted by molar-refractivity contribution is -0.122. The Hall–Kier alpha value is -3.36. The minimum Gasteiger partial charge on any atom is -0.478 e. The van der Waals surface area contributed by atoms with Gasteiger partial charge in [-0.2, -0.15) is 0 Å². The number of carbonyl (C=O) groups is 2. The third-order valence-electron chi connectivity index (χ3n) is 5.21. The summed E-state index contributed by atoms with van der Waals surface area (Å²) in [6, 6.07) is 20.0. The molecule has 1 unspecified atom stereocenters. The topological polar surface area (TPSA) is 92.8 Å². The molecule has 7 nitrogen and oxygen atoms in total. The summed E-state index contributed by atoms with van der Waals surface area (Å²) in [4.78, 5) is 26.2. The maximum atomic E-state index is 13.1. The molecule has 1 aliphatic rings. The molecule has 1 aliphatic heterocycles. The van der Waals surface area contributed by atoms with Gasteiger partial charge in [0.1, 0.15) is 5.75 Å². The van der Waals surface area contributed by atoms with Crippen molar-refractivity contribution in [3.05, 3.63) is 88.9 Å². The molecule has 9 heteroatoms. The van der Waals surface area contributed by atoms with Gasteiger partial charge in [0.15, 0.2) is 11.9 Å². The maximum absolute atomic E-state index is 13.1. The summed E-state index contributed by atoms with van der Waals surface area (Å²) in [5.41, 5.74) is 1.37. The molecule has 0 radical (unpaired) electrons. The molecule has 33 heavy (non-hydrogen) atoms. The van der Waals surface area contributed by atoms with Gasteiger partial charge in [-0.25, -0.2) is 8.42 Å². The Balaban J connectivity index is 1.61. The number of hydrogen-bond donors (Lipinski definition) is 1. The highest BCUT2D eigenvalue weighted by Gasteiger charge is 2.31. The van der Waals surface area contributed by atoms with Crippen molar-refractivity contribution in [1.82, 2.24) is 0 Å². The van der Waals surface area contributed by atoms with E-state index in [4.69, 9.17) is 16.3 Å². The standard InChI is InChI=1S/C24H21ClN2O5S/c1-33(30,31)27-14-13-22(32-21-10-6-5-9-20(21)27)24(29)26-19-12-11-17(25)15-18(19)23(28)16-7-3-2-4-8-16/h2-12,15,22H,13-14H2,1H3,(H,26,29). The van der Waals surface area contributed by atoms with Crippen molar-refractivity contribution in [3.63, 3.8) is 0 Å². The van der Waals surface area contributed by atoms with Gasteiger partial charge in [0.25, 0.3) is 5.91 Å². The smallest absolute Gasteiger partial charge is 0.265 e. The number of halogens is 1. The zero-order valence-corrected chi connectivity index (χ0v) is 19.3. The number of para-hydroxylation sites is 2. The normalized spacial score (nSPS) is 15.7. The second-order valence-corrected chi connectivity index (χ2v) is 9.92. The van der Waals surface area contributed by atoms with Crippen molar-refractivity contribution in [1.29, 1.82) is 0 Å². The number of hydrogen-bond acceptors (Lipinski definition) is 5. The van der Waals surface area contributed by atoms with Gasteiger partial charge >= 0.3 is 0 Å². The van der Waals surface area contributed by atoms with Crippen molar-refractivity contribution >= 4 is 44.7 Å². The number of rotatable bonds is 5. The summed E-state index contributed by atoms with van der Waals surface area (Å²) < 4.78 is 31.7. The van der Waals surface area contributed by atoms with Crippen LogP contribution in [0.15, 0.2) is 72.8 Å². The van der Waals surface area contributed by atoms with Crippen LogP contribution in [-0.4, -0.2) is 39.0 Å². The van der Waals surface area contributed by atoms with Crippen LogP contribution in [0.1, 0.15) is 22.3 Å². The van der Waals surface area contributed by atoms with Gasteiger partial charge in [-0.3, -0.25) is 13.9 Å². The monoisotopic (exact) mass is 484 g/mol. The molecule has 4 rings (SSSR count). The molecule has 1 N–H and O–H groups in total. The SMILES string of the molecule is CS(=O)(=O)N1CCC(C(=O)Nc2ccc(Cl)cc2C(=O)c2ccccc2)Oc2ccccc21. The Morgan fingerprint density at radius 1 is 1.03 bits per heavy atom. The van der Waals surface area contributed by atoms with Crippen molar-refractivity contribution < 1.29 is 22.7 Å². The molecular formula is C24H21ClN2O5S. The van der Waals surface area contributed by atoms with E-state index in [0.29, 0.717) is 22.0 Å². The van der Waals surface area contributed by atoms with Crippen LogP contribution >= 0.6 is 11.6 Å². The van der Waals surface area contributed by atoms with Gasteiger partial charge in [0, 0.05) is 29.1 Å². The molecule has 3 aromatic carbocycles. The Morgan fingerprint density at radius 2 is 1.73 bits per heavy atom. The molecule has 0 aromatic heterocycles. The Kier molecular flexibility index (Phi) is 6.40. The zero-order valence-electron chi connectivity index (χ0n) is 17.7. The fraction of sp³-hybridized carbons (Fsp3) is 0.167. The molecule has 170 valence electrons. The van der Waals surface area contributed by atoms with E-state index >= 15 is 0 Å². The molecule has 0 saturated heterocycles. The molecular weight excluding hydrogens is 464 g/mol. The van der Waals surface area contributed by atoms with Gasteiger partial charge in [-0.1, -0.05) is 54.1 Å². The number of nitrogens with zero attached hydrogens (tertiary/aromatic N) is 1. The van der Waals surface area contributed by atoms with Crippen LogP contribution in [0.5, 0.6) is 5.75 Å². The summed E-state index contributed by atoms with van der Waals surface area (Å²) in [6.07, 6.45) is 0.274. The number of benzene rings is 3. The van der Waals surface area contributed by atoms with E-state index < -0.39 is 22.0 Å². The Labute approximate surface area is 197 Å². The number of ketones is 1. The zero-order chi connectivity index (χ0) is 23.6. The van der Waals surface area contributed by atoms with E-state index in [9.17, 15) is 18.0 Å². The largest absolute Gasteiger partial charge is 0.478 e. The second kappa shape index (κ2) is 9.25. The first-order valence-corrected chi connectivity index (χ1v) is 12.4. The van der Waals surface area contributed by atoms with Crippen LogP contribution in [0.3, 0.4) is 0 Å². The summed E-state index contributed by atoms with van der Waals surface area (Å²) in [5, 5.41) is 3.12. The second-order valence-electron chi connectivity index (χ2n) is 7.57. The average molecular weight is 485 g/mol. The van der Waals surface area contributed by atoms with E-state index in [-0.39, 0.29) is 30.1 Å². The quantitative estimate of drug-likeness (QED) is 0.550. The van der Waals surface area contributed by atoms with Crippen molar-refractivity contribution in [2.75, 3.05) is 22.4 Å². The maximum Gasteiger partial charge on any atom is 0.265 e. The minimum atomic E-state index is -3.56. The number of sulfonamides is 1. The molecule has 0 spiro atoms. The van der Waals surface area contributed by atoms with E-state index in [1.807, 2.05) is 0 Å². The number of fused-ring (bicyclic) bond motifs is 1. The van der Waals surface area contributed by atoms with Crippen LogP contribution in [0, 0.1) is 0 Å². The first-order valence-electron chi connectivity index (χ1n) is 10.2. The first-order chi connectivity index (χ1) is 15.7. The van der Waals surface area contributed by atoms with Crippen LogP contribution in [0.2, 0.25) is 5.02 Å². The Morgan fingerprint density at radius 3 is 2.45 bits per heavy atom. The fourth-order valence-electron chi connectivity index (χ4n) is 3.63. The van der Waals surface area contributed by atoms with Gasteiger partial charge in [-0.05, 0) is 30.3 Å². The first kappa shape index (κ1) is 22.8. The number of carbonyl (C=O) groups excluding carboxylic acids is 2. The highest BCUT2D eigenvalue weighted by atomic mass is 35.5. The van der Waals surface area contributed by atoms with E-state index in [2.05, 4.69) is 5.32 Å². The van der Waals surface area contributed by atoms with Gasteiger partial charge in [0.05, 0.1) is 17.6 Å². The highest BCUT2D eigenvalue weighted by molar-refractivity contribution is 7.92. The third kappa shape index (κ3) is 5.02. The highest BCUT2D eigenvalue weighted by Crippen LogP contribution is 2.34. The van der Waals surface area contributed by atoms with Gasteiger partial charge in [-0.15, -0.1) is 0 Å². The van der Waals surface area contributed by atoms with E-state index in [1.165, 1.54) is 10.4 Å². The molecule has 0 bridgehead atoms. The van der Waals surface area contributed by atoms with Crippen molar-refractivity contribution in [3.8, 4) is 5.75 Å². The van der Waals surface area contributed by atoms with E-state index in [0.717, 1.165) is 6.26 Å². The van der Waals surface area contributed by atoms with Gasteiger partial charge in [0.2, 0.25) is 10.0 Å². The fourth-order valence-corrected chi connectivity index (χ4v) is 4.75. The number of ether oxygens (including phenoxy) is 1. The predicted octanol–water partition coefficient (Wildman–Crippen LogP) is 4.13. The molecule has 1 heterocycles.